The lowest BCUT2D eigenvalue weighted by atomic mass is 10.4. The van der Waals surface area contributed by atoms with Gasteiger partial charge in [-0.25, -0.2) is 4.98 Å². The van der Waals surface area contributed by atoms with E-state index in [4.69, 9.17) is 0 Å². The molecule has 78 valence electrons. The minimum Gasteiger partial charge on any atom is -0.335 e. The summed E-state index contributed by atoms with van der Waals surface area (Å²) in [6.07, 6.45) is 4.25. The molecule has 1 heterocycles. The second kappa shape index (κ2) is 5.54. The summed E-state index contributed by atoms with van der Waals surface area (Å²) in [5.41, 5.74) is 0.504. The monoisotopic (exact) mass is 195 g/mol. The molecule has 1 aromatic rings. The maximum atomic E-state index is 10.4. The van der Waals surface area contributed by atoms with E-state index in [2.05, 4.69) is 23.7 Å². The number of rotatable bonds is 6. The van der Waals surface area contributed by atoms with Crippen molar-refractivity contribution in [1.29, 1.82) is 0 Å². The number of hydrogen-bond acceptors (Lipinski definition) is 3. The number of carbonyl (C=O) groups excluding carboxylic acids is 1. The van der Waals surface area contributed by atoms with Gasteiger partial charge in [0.15, 0.2) is 6.29 Å². The van der Waals surface area contributed by atoms with Crippen molar-refractivity contribution in [3.8, 4) is 0 Å². The van der Waals surface area contributed by atoms with Crippen LogP contribution in [0.2, 0.25) is 0 Å². The third-order valence-electron chi connectivity index (χ3n) is 2.34. The molecule has 0 fully saturated rings. The highest BCUT2D eigenvalue weighted by molar-refractivity contribution is 5.70. The molecular formula is C10H17N3O. The minimum atomic E-state index is 0.504. The van der Waals surface area contributed by atoms with Gasteiger partial charge in [0, 0.05) is 19.3 Å². The molecule has 0 aromatic carbocycles. The second-order valence-electron chi connectivity index (χ2n) is 3.18. The summed E-state index contributed by atoms with van der Waals surface area (Å²) in [5, 5.41) is 0. The Morgan fingerprint density at radius 2 is 2.21 bits per heavy atom. The summed E-state index contributed by atoms with van der Waals surface area (Å²) in [5.74, 6) is 0. The lowest BCUT2D eigenvalue weighted by Crippen LogP contribution is -2.26. The van der Waals surface area contributed by atoms with Crippen molar-refractivity contribution in [1.82, 2.24) is 14.5 Å². The molecule has 1 rings (SSSR count). The van der Waals surface area contributed by atoms with Crippen LogP contribution < -0.4 is 0 Å². The number of imidazole rings is 1. The van der Waals surface area contributed by atoms with E-state index in [9.17, 15) is 4.79 Å². The fraction of sp³-hybridized carbons (Fsp3) is 0.600. The molecule has 1 aromatic heterocycles. The average molecular weight is 195 g/mol. The standard InChI is InChI=1S/C10H17N3O/c1-3-12(4-2)5-6-13-7-10(8-14)11-9-13/h7-9H,3-6H2,1-2H3. The van der Waals surface area contributed by atoms with E-state index >= 15 is 0 Å². The van der Waals surface area contributed by atoms with Crippen LogP contribution in [-0.4, -0.2) is 40.4 Å². The molecule has 0 saturated heterocycles. The van der Waals surface area contributed by atoms with Crippen molar-refractivity contribution in [2.24, 2.45) is 0 Å². The highest BCUT2D eigenvalue weighted by Gasteiger charge is 2.00. The highest BCUT2D eigenvalue weighted by atomic mass is 16.1. The molecule has 14 heavy (non-hydrogen) atoms. The minimum absolute atomic E-state index is 0.504. The van der Waals surface area contributed by atoms with Crippen LogP contribution in [0, 0.1) is 0 Å². The van der Waals surface area contributed by atoms with E-state index in [-0.39, 0.29) is 0 Å². The Bertz CT molecular complexity index is 279. The van der Waals surface area contributed by atoms with Gasteiger partial charge in [-0.1, -0.05) is 13.8 Å². The highest BCUT2D eigenvalue weighted by Crippen LogP contribution is 1.94. The summed E-state index contributed by atoms with van der Waals surface area (Å²) in [7, 11) is 0. The summed E-state index contributed by atoms with van der Waals surface area (Å²) < 4.78 is 1.95. The van der Waals surface area contributed by atoms with Gasteiger partial charge in [-0.05, 0) is 13.1 Å². The average Bonchev–Trinajstić information content (AvgIpc) is 2.67. The van der Waals surface area contributed by atoms with Crippen molar-refractivity contribution >= 4 is 6.29 Å². The first-order chi connectivity index (χ1) is 6.80. The normalized spacial score (nSPS) is 10.8. The Hall–Kier alpha value is -1.16. The molecule has 4 nitrogen and oxygen atoms in total. The SMILES string of the molecule is CCN(CC)CCn1cnc(C=O)c1. The Morgan fingerprint density at radius 3 is 2.71 bits per heavy atom. The van der Waals surface area contributed by atoms with E-state index in [0.29, 0.717) is 5.69 Å². The van der Waals surface area contributed by atoms with E-state index < -0.39 is 0 Å². The quantitative estimate of drug-likeness (QED) is 0.636. The van der Waals surface area contributed by atoms with Gasteiger partial charge in [0.25, 0.3) is 0 Å². The molecule has 0 saturated carbocycles. The molecule has 0 amide bonds. The maximum absolute atomic E-state index is 10.4. The second-order valence-corrected chi connectivity index (χ2v) is 3.18. The van der Waals surface area contributed by atoms with Gasteiger partial charge < -0.3 is 9.47 Å². The molecule has 0 aliphatic rings. The van der Waals surface area contributed by atoms with E-state index in [1.165, 1.54) is 0 Å². The Morgan fingerprint density at radius 1 is 1.50 bits per heavy atom. The lowest BCUT2D eigenvalue weighted by Gasteiger charge is -2.17. The number of aldehydes is 1. The predicted molar refractivity (Wildman–Crippen MR) is 55.4 cm³/mol. The molecule has 0 spiro atoms. The van der Waals surface area contributed by atoms with E-state index in [1.54, 1.807) is 12.5 Å². The summed E-state index contributed by atoms with van der Waals surface area (Å²) in [4.78, 5) is 16.7. The van der Waals surface area contributed by atoms with Crippen molar-refractivity contribution in [3.63, 3.8) is 0 Å². The van der Waals surface area contributed by atoms with Crippen LogP contribution in [0.1, 0.15) is 24.3 Å². The number of carbonyl (C=O) groups is 1. The smallest absolute Gasteiger partial charge is 0.169 e. The fourth-order valence-electron chi connectivity index (χ4n) is 1.36. The summed E-state index contributed by atoms with van der Waals surface area (Å²) in [6.45, 7) is 8.31. The molecule has 0 bridgehead atoms. The largest absolute Gasteiger partial charge is 0.335 e. The summed E-state index contributed by atoms with van der Waals surface area (Å²) in [6, 6.07) is 0. The number of hydrogen-bond donors (Lipinski definition) is 0. The zero-order valence-electron chi connectivity index (χ0n) is 8.81. The Kier molecular flexibility index (Phi) is 4.32. The Labute approximate surface area is 84.5 Å². The van der Waals surface area contributed by atoms with Crippen LogP contribution in [-0.2, 0) is 6.54 Å². The lowest BCUT2D eigenvalue weighted by molar-refractivity contribution is 0.111. The molecule has 0 aliphatic heterocycles. The van der Waals surface area contributed by atoms with Crippen LogP contribution in [0.25, 0.3) is 0 Å². The zero-order valence-corrected chi connectivity index (χ0v) is 8.81. The first kappa shape index (κ1) is 10.9. The molecule has 4 heteroatoms. The molecule has 0 atom stereocenters. The number of nitrogens with zero attached hydrogens (tertiary/aromatic N) is 3. The van der Waals surface area contributed by atoms with Crippen LogP contribution in [0.3, 0.4) is 0 Å². The van der Waals surface area contributed by atoms with Crippen LogP contribution in [0.15, 0.2) is 12.5 Å². The van der Waals surface area contributed by atoms with Gasteiger partial charge in [-0.3, -0.25) is 4.79 Å². The van der Waals surface area contributed by atoms with Gasteiger partial charge in [0.1, 0.15) is 5.69 Å². The first-order valence-electron chi connectivity index (χ1n) is 4.99. The first-order valence-corrected chi connectivity index (χ1v) is 4.99. The van der Waals surface area contributed by atoms with Crippen LogP contribution in [0.4, 0.5) is 0 Å². The third-order valence-corrected chi connectivity index (χ3v) is 2.34. The van der Waals surface area contributed by atoms with Gasteiger partial charge in [0.2, 0.25) is 0 Å². The van der Waals surface area contributed by atoms with Gasteiger partial charge >= 0.3 is 0 Å². The number of aromatic nitrogens is 2. The maximum Gasteiger partial charge on any atom is 0.169 e. The van der Waals surface area contributed by atoms with E-state index in [0.717, 1.165) is 32.5 Å². The Balaban J connectivity index is 2.40. The molecule has 0 radical (unpaired) electrons. The van der Waals surface area contributed by atoms with Crippen molar-refractivity contribution in [3.05, 3.63) is 18.2 Å². The molecule has 0 aliphatic carbocycles. The van der Waals surface area contributed by atoms with Crippen molar-refractivity contribution < 1.29 is 4.79 Å². The fourth-order valence-corrected chi connectivity index (χ4v) is 1.36. The van der Waals surface area contributed by atoms with Crippen LogP contribution >= 0.6 is 0 Å². The molecule has 0 N–H and O–H groups in total. The number of likely N-dealkylation sites (N-methyl/N-ethyl adjacent to an activating group) is 1. The van der Waals surface area contributed by atoms with Gasteiger partial charge in [-0.15, -0.1) is 0 Å². The van der Waals surface area contributed by atoms with Crippen molar-refractivity contribution in [2.45, 2.75) is 20.4 Å². The zero-order chi connectivity index (χ0) is 10.4. The van der Waals surface area contributed by atoms with E-state index in [1.807, 2.05) is 4.57 Å². The van der Waals surface area contributed by atoms with Gasteiger partial charge in [-0.2, -0.15) is 0 Å². The van der Waals surface area contributed by atoms with Crippen LogP contribution in [0.5, 0.6) is 0 Å². The van der Waals surface area contributed by atoms with Crippen molar-refractivity contribution in [2.75, 3.05) is 19.6 Å². The third kappa shape index (κ3) is 2.96. The molecular weight excluding hydrogens is 178 g/mol. The topological polar surface area (TPSA) is 38.1 Å². The summed E-state index contributed by atoms with van der Waals surface area (Å²) >= 11 is 0. The molecule has 0 unspecified atom stereocenters. The van der Waals surface area contributed by atoms with Gasteiger partial charge in [0.05, 0.1) is 6.33 Å². The predicted octanol–water partition coefficient (Wildman–Crippen LogP) is 1.04.